The van der Waals surface area contributed by atoms with Crippen LogP contribution in [0.5, 0.6) is 0 Å². The molecule has 0 aromatic carbocycles. The van der Waals surface area contributed by atoms with Crippen LogP contribution in [0.25, 0.3) is 0 Å². The molecule has 1 fully saturated rings. The van der Waals surface area contributed by atoms with Gasteiger partial charge in [-0.3, -0.25) is 0 Å². The number of nitrogens with zero attached hydrogens (tertiary/aromatic N) is 1. The van der Waals surface area contributed by atoms with E-state index in [0.29, 0.717) is 19.4 Å². The molecule has 1 aliphatic rings. The second-order valence-corrected chi connectivity index (χ2v) is 5.61. The summed E-state index contributed by atoms with van der Waals surface area (Å²) in [5, 5.41) is 9.24. The number of nitrogens with two attached hydrogens (primary N) is 1. The molecule has 1 heterocycles. The molecule has 0 aromatic heterocycles. The Balaban J connectivity index is 0.00000289. The second-order valence-electron chi connectivity index (χ2n) is 5.61. The van der Waals surface area contributed by atoms with E-state index in [-0.39, 0.29) is 19.0 Å². The van der Waals surface area contributed by atoms with Crippen LogP contribution < -0.4 is 5.73 Å². The van der Waals surface area contributed by atoms with Crippen LogP contribution in [0.1, 0.15) is 26.7 Å². The van der Waals surface area contributed by atoms with Crippen LogP contribution in [-0.4, -0.2) is 47.5 Å². The molecule has 0 radical (unpaired) electrons. The predicted molar refractivity (Wildman–Crippen MR) is 66.7 cm³/mol. The van der Waals surface area contributed by atoms with Crippen LogP contribution in [0.15, 0.2) is 0 Å². The fourth-order valence-corrected chi connectivity index (χ4v) is 2.34. The van der Waals surface area contributed by atoms with Gasteiger partial charge in [0.15, 0.2) is 6.10 Å². The maximum absolute atomic E-state index is 12.4. The van der Waals surface area contributed by atoms with Gasteiger partial charge in [-0.2, -0.15) is 13.2 Å². The molecule has 110 valence electrons. The molecule has 3 N–H and O–H groups in total. The number of rotatable bonds is 3. The Morgan fingerprint density at radius 2 is 1.94 bits per heavy atom. The van der Waals surface area contributed by atoms with Gasteiger partial charge in [-0.25, -0.2) is 0 Å². The molecule has 0 bridgehead atoms. The fourth-order valence-electron chi connectivity index (χ4n) is 2.34. The number of halogens is 4. The van der Waals surface area contributed by atoms with Crippen LogP contribution in [0.2, 0.25) is 0 Å². The molecule has 1 aliphatic heterocycles. The average Bonchev–Trinajstić information content (AvgIpc) is 2.12. The zero-order valence-corrected chi connectivity index (χ0v) is 11.5. The molecule has 0 spiro atoms. The Labute approximate surface area is 112 Å². The highest BCUT2D eigenvalue weighted by Gasteiger charge is 2.44. The van der Waals surface area contributed by atoms with Crippen LogP contribution in [-0.2, 0) is 0 Å². The molecule has 0 aromatic rings. The number of piperidine rings is 1. The highest BCUT2D eigenvalue weighted by molar-refractivity contribution is 5.85. The number of hydrogen-bond donors (Lipinski definition) is 2. The van der Waals surface area contributed by atoms with Crippen molar-refractivity contribution in [1.29, 1.82) is 0 Å². The Hall–Kier alpha value is -0.0400. The number of aliphatic hydroxyl groups excluding tert-OH is 1. The van der Waals surface area contributed by atoms with Gasteiger partial charge in [-0.15, -0.1) is 12.4 Å². The maximum atomic E-state index is 12.4. The van der Waals surface area contributed by atoms with Crippen molar-refractivity contribution in [3.63, 3.8) is 0 Å². The van der Waals surface area contributed by atoms with Gasteiger partial charge in [-0.05, 0) is 33.2 Å². The van der Waals surface area contributed by atoms with Gasteiger partial charge in [0.25, 0.3) is 0 Å². The van der Waals surface area contributed by atoms with Crippen LogP contribution in [0, 0.1) is 5.92 Å². The lowest BCUT2D eigenvalue weighted by Crippen LogP contribution is -2.51. The van der Waals surface area contributed by atoms with Crippen molar-refractivity contribution in [1.82, 2.24) is 4.90 Å². The Kier molecular flexibility index (Phi) is 6.40. The van der Waals surface area contributed by atoms with E-state index < -0.39 is 23.7 Å². The van der Waals surface area contributed by atoms with Gasteiger partial charge in [0.2, 0.25) is 0 Å². The topological polar surface area (TPSA) is 49.5 Å². The highest BCUT2D eigenvalue weighted by atomic mass is 35.5. The van der Waals surface area contributed by atoms with Crippen molar-refractivity contribution in [3.05, 3.63) is 0 Å². The lowest BCUT2D eigenvalue weighted by atomic mass is 9.91. The zero-order chi connectivity index (χ0) is 13.3. The fraction of sp³-hybridized carbons (Fsp3) is 1.00. The lowest BCUT2D eigenvalue weighted by Gasteiger charge is -2.38. The molecule has 18 heavy (non-hydrogen) atoms. The summed E-state index contributed by atoms with van der Waals surface area (Å²) in [5.41, 5.74) is 5.42. The van der Waals surface area contributed by atoms with Crippen LogP contribution in [0.3, 0.4) is 0 Å². The van der Waals surface area contributed by atoms with Gasteiger partial charge in [-0.1, -0.05) is 0 Å². The standard InChI is InChI=1S/C11H21F3N2O.ClH/c1-10(2,15)7-16-5-3-4-8(6-16)9(17)11(12,13)14;/h8-9,17H,3-7,15H2,1-2H3;1H. The summed E-state index contributed by atoms with van der Waals surface area (Å²) in [6.45, 7) is 5.25. The third-order valence-electron chi connectivity index (χ3n) is 2.95. The third kappa shape index (κ3) is 5.73. The van der Waals surface area contributed by atoms with E-state index in [1.807, 2.05) is 18.7 Å². The summed E-state index contributed by atoms with van der Waals surface area (Å²) in [7, 11) is 0. The third-order valence-corrected chi connectivity index (χ3v) is 2.95. The monoisotopic (exact) mass is 290 g/mol. The minimum absolute atomic E-state index is 0. The Morgan fingerprint density at radius 1 is 1.39 bits per heavy atom. The van der Waals surface area contributed by atoms with E-state index in [4.69, 9.17) is 5.73 Å². The molecule has 2 atom stereocenters. The molecule has 7 heteroatoms. The molecular formula is C11H22ClF3N2O. The van der Waals surface area contributed by atoms with Crippen molar-refractivity contribution in [2.75, 3.05) is 19.6 Å². The Bertz CT molecular complexity index is 256. The largest absolute Gasteiger partial charge is 0.414 e. The number of alkyl halides is 3. The molecule has 3 nitrogen and oxygen atoms in total. The molecule has 0 aliphatic carbocycles. The van der Waals surface area contributed by atoms with E-state index >= 15 is 0 Å². The van der Waals surface area contributed by atoms with Crippen molar-refractivity contribution >= 4 is 12.4 Å². The van der Waals surface area contributed by atoms with Gasteiger partial charge >= 0.3 is 6.18 Å². The van der Waals surface area contributed by atoms with E-state index in [1.54, 1.807) is 0 Å². The zero-order valence-electron chi connectivity index (χ0n) is 10.7. The second kappa shape index (κ2) is 6.41. The summed E-state index contributed by atoms with van der Waals surface area (Å²) >= 11 is 0. The summed E-state index contributed by atoms with van der Waals surface area (Å²) in [5.74, 6) is -0.730. The first-order valence-corrected chi connectivity index (χ1v) is 5.85. The quantitative estimate of drug-likeness (QED) is 0.833. The minimum Gasteiger partial charge on any atom is -0.383 e. The smallest absolute Gasteiger partial charge is 0.383 e. The highest BCUT2D eigenvalue weighted by Crippen LogP contribution is 2.31. The van der Waals surface area contributed by atoms with E-state index in [2.05, 4.69) is 0 Å². The number of aliphatic hydroxyl groups is 1. The summed E-state index contributed by atoms with van der Waals surface area (Å²) in [6.07, 6.45) is -5.65. The summed E-state index contributed by atoms with van der Waals surface area (Å²) in [4.78, 5) is 1.91. The van der Waals surface area contributed by atoms with Gasteiger partial charge in [0, 0.05) is 24.5 Å². The molecule has 1 saturated heterocycles. The molecule has 2 unspecified atom stereocenters. The van der Waals surface area contributed by atoms with Crippen molar-refractivity contribution < 1.29 is 18.3 Å². The Morgan fingerprint density at radius 3 is 2.39 bits per heavy atom. The lowest BCUT2D eigenvalue weighted by molar-refractivity contribution is -0.223. The number of likely N-dealkylation sites (tertiary alicyclic amines) is 1. The molecule has 1 rings (SSSR count). The van der Waals surface area contributed by atoms with Gasteiger partial charge in [0.1, 0.15) is 0 Å². The molecule has 0 amide bonds. The summed E-state index contributed by atoms with van der Waals surface area (Å²) in [6, 6.07) is 0. The molecule has 0 saturated carbocycles. The number of hydrogen-bond acceptors (Lipinski definition) is 3. The van der Waals surface area contributed by atoms with E-state index in [1.165, 1.54) is 0 Å². The van der Waals surface area contributed by atoms with Crippen molar-refractivity contribution in [2.24, 2.45) is 11.7 Å². The summed E-state index contributed by atoms with van der Waals surface area (Å²) < 4.78 is 37.2. The van der Waals surface area contributed by atoms with E-state index in [0.717, 1.165) is 6.54 Å². The SMILES string of the molecule is CC(C)(N)CN1CCCC(C(O)C(F)(F)F)C1.Cl. The first kappa shape index (κ1) is 18.0. The first-order valence-electron chi connectivity index (χ1n) is 5.85. The normalized spacial score (nSPS) is 24.5. The minimum atomic E-state index is -4.52. The average molecular weight is 291 g/mol. The van der Waals surface area contributed by atoms with Crippen LogP contribution >= 0.6 is 12.4 Å². The van der Waals surface area contributed by atoms with Gasteiger partial charge < -0.3 is 15.7 Å². The van der Waals surface area contributed by atoms with Gasteiger partial charge in [0.05, 0.1) is 0 Å². The van der Waals surface area contributed by atoms with E-state index in [9.17, 15) is 18.3 Å². The van der Waals surface area contributed by atoms with Crippen molar-refractivity contribution in [3.8, 4) is 0 Å². The van der Waals surface area contributed by atoms with Crippen LogP contribution in [0.4, 0.5) is 13.2 Å². The maximum Gasteiger partial charge on any atom is 0.414 e. The predicted octanol–water partition coefficient (Wildman–Crippen LogP) is 1.78. The molecular weight excluding hydrogens is 269 g/mol. The first-order chi connectivity index (χ1) is 7.59. The van der Waals surface area contributed by atoms with Crippen molar-refractivity contribution in [2.45, 2.75) is 44.5 Å².